The highest BCUT2D eigenvalue weighted by Crippen LogP contribution is 2.37. The fourth-order valence-corrected chi connectivity index (χ4v) is 5.17. The molecule has 2 atom stereocenters. The van der Waals surface area contributed by atoms with Gasteiger partial charge in [-0.3, -0.25) is 14.5 Å². The zero-order valence-corrected chi connectivity index (χ0v) is 23.5. The van der Waals surface area contributed by atoms with E-state index < -0.39 is 29.6 Å². The van der Waals surface area contributed by atoms with Crippen LogP contribution >= 0.6 is 23.2 Å². The van der Waals surface area contributed by atoms with Crippen LogP contribution in [0.2, 0.25) is 10.0 Å². The van der Waals surface area contributed by atoms with Gasteiger partial charge in [-0.2, -0.15) is 13.2 Å². The van der Waals surface area contributed by atoms with Crippen LogP contribution in [0.3, 0.4) is 0 Å². The standard InChI is InChI=1S/C28H31Cl2F3N4O3/c1-2-23(26(39)36-13-3-4-17(16-36)15-34-27(40)35-21-10-11-21)37(25(38)18-5-8-20(29)9-6-18)24-14-19(28(31,32)33)7-12-22(24)30/h5-9,12,14,17,21,23H,2-4,10-11,13,15-16H2,1H3,(H2,34,35,40)/t17-,23?/m0/s1. The van der Waals surface area contributed by atoms with Gasteiger partial charge in [-0.05, 0) is 80.5 Å². The molecule has 0 bridgehead atoms. The molecule has 1 heterocycles. The van der Waals surface area contributed by atoms with Gasteiger partial charge in [0.25, 0.3) is 5.91 Å². The molecule has 1 saturated carbocycles. The van der Waals surface area contributed by atoms with Crippen LogP contribution in [0.25, 0.3) is 0 Å². The van der Waals surface area contributed by atoms with Crippen molar-refractivity contribution in [1.29, 1.82) is 0 Å². The molecule has 0 spiro atoms. The molecule has 7 nitrogen and oxygen atoms in total. The number of carbonyl (C=O) groups is 3. The van der Waals surface area contributed by atoms with E-state index >= 15 is 0 Å². The van der Waals surface area contributed by atoms with Crippen LogP contribution in [0.4, 0.5) is 23.7 Å². The van der Waals surface area contributed by atoms with E-state index in [2.05, 4.69) is 10.6 Å². The molecular weight excluding hydrogens is 568 g/mol. The van der Waals surface area contributed by atoms with Crippen LogP contribution in [-0.2, 0) is 11.0 Å². The number of urea groups is 1. The normalized spacial score (nSPS) is 18.1. The second kappa shape index (κ2) is 12.7. The second-order valence-electron chi connectivity index (χ2n) is 10.2. The molecule has 1 unspecified atom stereocenters. The quantitative estimate of drug-likeness (QED) is 0.383. The molecule has 2 N–H and O–H groups in total. The number of halogens is 5. The summed E-state index contributed by atoms with van der Waals surface area (Å²) in [5.41, 5.74) is -1.05. The summed E-state index contributed by atoms with van der Waals surface area (Å²) in [6.45, 7) is 2.85. The predicted molar refractivity (Wildman–Crippen MR) is 148 cm³/mol. The molecule has 2 aromatic carbocycles. The molecule has 12 heteroatoms. The first-order valence-electron chi connectivity index (χ1n) is 13.3. The Balaban J connectivity index is 1.61. The number of alkyl halides is 3. The Kier molecular flexibility index (Phi) is 9.51. The number of hydrogen-bond donors (Lipinski definition) is 2. The van der Waals surface area contributed by atoms with Gasteiger partial charge in [-0.25, -0.2) is 4.79 Å². The zero-order valence-electron chi connectivity index (χ0n) is 21.9. The SMILES string of the molecule is CCC(C(=O)N1CCC[C@@H](CNC(=O)NC2CC2)C1)N(C(=O)c1ccc(Cl)cc1)c1cc(C(F)(F)F)ccc1Cl. The molecule has 40 heavy (non-hydrogen) atoms. The Morgan fingerprint density at radius 3 is 2.40 bits per heavy atom. The maximum Gasteiger partial charge on any atom is 0.416 e. The number of hydrogen-bond acceptors (Lipinski definition) is 3. The first kappa shape index (κ1) is 30.0. The Bertz CT molecular complexity index is 1240. The summed E-state index contributed by atoms with van der Waals surface area (Å²) < 4.78 is 40.9. The third kappa shape index (κ3) is 7.40. The number of amides is 4. The molecular formula is C28H31Cl2F3N4O3. The average molecular weight is 599 g/mol. The summed E-state index contributed by atoms with van der Waals surface area (Å²) in [5.74, 6) is -1.08. The molecule has 0 aromatic heterocycles. The number of anilines is 1. The predicted octanol–water partition coefficient (Wildman–Crippen LogP) is 6.14. The van der Waals surface area contributed by atoms with E-state index in [1.807, 2.05) is 0 Å². The van der Waals surface area contributed by atoms with Crippen molar-refractivity contribution >= 4 is 46.7 Å². The molecule has 1 aliphatic heterocycles. The summed E-state index contributed by atoms with van der Waals surface area (Å²) in [6, 6.07) is 7.46. The fourth-order valence-electron chi connectivity index (χ4n) is 4.84. The molecule has 2 aliphatic rings. The van der Waals surface area contributed by atoms with Crippen molar-refractivity contribution in [3.8, 4) is 0 Å². The lowest BCUT2D eigenvalue weighted by Gasteiger charge is -2.38. The van der Waals surface area contributed by atoms with E-state index in [-0.39, 0.29) is 40.7 Å². The van der Waals surface area contributed by atoms with Crippen molar-refractivity contribution in [2.45, 2.75) is 57.3 Å². The smallest absolute Gasteiger partial charge is 0.341 e. The van der Waals surface area contributed by atoms with Crippen LogP contribution in [0, 0.1) is 5.92 Å². The average Bonchev–Trinajstić information content (AvgIpc) is 3.74. The molecule has 2 fully saturated rings. The number of likely N-dealkylation sites (tertiary alicyclic amines) is 1. The van der Waals surface area contributed by atoms with Crippen molar-refractivity contribution in [1.82, 2.24) is 15.5 Å². The van der Waals surface area contributed by atoms with Gasteiger partial charge >= 0.3 is 12.2 Å². The van der Waals surface area contributed by atoms with Gasteiger partial charge in [-0.15, -0.1) is 0 Å². The van der Waals surface area contributed by atoms with Crippen LogP contribution in [0.5, 0.6) is 0 Å². The van der Waals surface area contributed by atoms with Crippen molar-refractivity contribution in [3.05, 3.63) is 63.6 Å². The maximum absolute atomic E-state index is 13.9. The highest BCUT2D eigenvalue weighted by Gasteiger charge is 2.38. The minimum atomic E-state index is -4.68. The van der Waals surface area contributed by atoms with Crippen molar-refractivity contribution in [2.75, 3.05) is 24.5 Å². The molecule has 2 aromatic rings. The lowest BCUT2D eigenvalue weighted by Crippen LogP contribution is -2.54. The third-order valence-corrected chi connectivity index (χ3v) is 7.69. The van der Waals surface area contributed by atoms with E-state index in [1.165, 1.54) is 24.3 Å². The van der Waals surface area contributed by atoms with Crippen LogP contribution < -0.4 is 15.5 Å². The van der Waals surface area contributed by atoms with E-state index in [4.69, 9.17) is 23.2 Å². The van der Waals surface area contributed by atoms with Crippen LogP contribution in [0.1, 0.15) is 54.9 Å². The van der Waals surface area contributed by atoms with Gasteiger partial charge in [0, 0.05) is 36.3 Å². The van der Waals surface area contributed by atoms with Crippen LogP contribution in [0.15, 0.2) is 42.5 Å². The van der Waals surface area contributed by atoms with Gasteiger partial charge in [0.15, 0.2) is 0 Å². The minimum Gasteiger partial charge on any atom is -0.341 e. The minimum absolute atomic E-state index is 0.00211. The molecule has 4 amide bonds. The summed E-state index contributed by atoms with van der Waals surface area (Å²) in [4.78, 5) is 42.5. The zero-order chi connectivity index (χ0) is 29.0. The molecule has 4 rings (SSSR count). The highest BCUT2D eigenvalue weighted by molar-refractivity contribution is 6.34. The van der Waals surface area contributed by atoms with Gasteiger partial charge in [0.2, 0.25) is 5.91 Å². The monoisotopic (exact) mass is 598 g/mol. The topological polar surface area (TPSA) is 81.8 Å². The largest absolute Gasteiger partial charge is 0.416 e. The molecule has 0 radical (unpaired) electrons. The van der Waals surface area contributed by atoms with E-state index in [1.54, 1.807) is 11.8 Å². The first-order valence-corrected chi connectivity index (χ1v) is 14.0. The van der Waals surface area contributed by atoms with Gasteiger partial charge < -0.3 is 15.5 Å². The van der Waals surface area contributed by atoms with Gasteiger partial charge in [0.05, 0.1) is 16.3 Å². The summed E-state index contributed by atoms with van der Waals surface area (Å²) >= 11 is 12.3. The number of carbonyl (C=O) groups excluding carboxylic acids is 3. The number of piperidine rings is 1. The number of nitrogens with zero attached hydrogens (tertiary/aromatic N) is 2. The summed E-state index contributed by atoms with van der Waals surface area (Å²) in [6.07, 6.45) is -1.12. The van der Waals surface area contributed by atoms with E-state index in [9.17, 15) is 27.6 Å². The second-order valence-corrected chi connectivity index (χ2v) is 11.0. The summed E-state index contributed by atoms with van der Waals surface area (Å²) in [5, 5.41) is 6.01. The fraction of sp³-hybridized carbons (Fsp3) is 0.464. The first-order chi connectivity index (χ1) is 19.0. The number of rotatable bonds is 8. The highest BCUT2D eigenvalue weighted by atomic mass is 35.5. The van der Waals surface area contributed by atoms with Crippen molar-refractivity contribution in [2.24, 2.45) is 5.92 Å². The maximum atomic E-state index is 13.9. The lowest BCUT2D eigenvalue weighted by molar-refractivity contribution is -0.137. The van der Waals surface area contributed by atoms with Crippen molar-refractivity contribution in [3.63, 3.8) is 0 Å². The van der Waals surface area contributed by atoms with Gasteiger partial charge in [0.1, 0.15) is 6.04 Å². The molecule has 1 saturated heterocycles. The van der Waals surface area contributed by atoms with E-state index in [0.717, 1.165) is 42.4 Å². The third-order valence-electron chi connectivity index (χ3n) is 7.12. The van der Waals surface area contributed by atoms with Crippen molar-refractivity contribution < 1.29 is 27.6 Å². The number of benzene rings is 2. The molecule has 1 aliphatic carbocycles. The number of nitrogens with one attached hydrogen (secondary N) is 2. The van der Waals surface area contributed by atoms with Crippen LogP contribution in [-0.4, -0.2) is 54.5 Å². The Labute approximate surface area is 241 Å². The molecule has 216 valence electrons. The Morgan fingerprint density at radius 1 is 1.07 bits per heavy atom. The van der Waals surface area contributed by atoms with Gasteiger partial charge in [-0.1, -0.05) is 30.1 Å². The Morgan fingerprint density at radius 2 is 1.77 bits per heavy atom. The lowest BCUT2D eigenvalue weighted by atomic mass is 9.96. The Hall–Kier alpha value is -2.98. The van der Waals surface area contributed by atoms with E-state index in [0.29, 0.717) is 31.1 Å². The summed E-state index contributed by atoms with van der Waals surface area (Å²) in [7, 11) is 0.